The van der Waals surface area contributed by atoms with Crippen molar-refractivity contribution in [3.8, 4) is 18.1 Å². The van der Waals surface area contributed by atoms with Gasteiger partial charge in [-0.2, -0.15) is 0 Å². The molecular weight excluding hydrogens is 575 g/mol. The monoisotopic (exact) mass is 606 g/mol. The number of methoxy groups -OCH3 is 1. The van der Waals surface area contributed by atoms with Gasteiger partial charge in [0.25, 0.3) is 0 Å². The Morgan fingerprint density at radius 1 is 1.22 bits per heavy atom. The number of fused-ring (bicyclic) bond motifs is 1. The third kappa shape index (κ3) is 6.47. The van der Waals surface area contributed by atoms with E-state index in [2.05, 4.69) is 16.6 Å². The van der Waals surface area contributed by atoms with Gasteiger partial charge in [-0.25, -0.2) is 9.78 Å². The fourth-order valence-corrected chi connectivity index (χ4v) is 5.28. The number of carbonyl (C=O) groups is 1. The van der Waals surface area contributed by atoms with Crippen LogP contribution in [0.4, 0.5) is 0 Å². The second-order valence-electron chi connectivity index (χ2n) is 9.75. The van der Waals surface area contributed by atoms with E-state index in [4.69, 9.17) is 53.6 Å². The number of halogens is 2. The number of hydrogen-bond donors (Lipinski definition) is 3. The minimum atomic E-state index is -1.58. The van der Waals surface area contributed by atoms with Crippen LogP contribution in [0, 0.1) is 26.2 Å². The first-order valence-electron chi connectivity index (χ1n) is 13.0. The summed E-state index contributed by atoms with van der Waals surface area (Å²) in [6.45, 7) is 3.75. The molecule has 3 aromatic rings. The molecule has 2 aromatic carbocycles. The molecule has 0 amide bonds. The maximum absolute atomic E-state index is 13.1. The van der Waals surface area contributed by atoms with Gasteiger partial charge < -0.3 is 38.8 Å². The van der Waals surface area contributed by atoms with Crippen LogP contribution in [0.2, 0.25) is 10.0 Å². The first kappa shape index (κ1) is 31.1. The summed E-state index contributed by atoms with van der Waals surface area (Å²) < 4.78 is 24.1. The number of aromatic nitrogens is 2. The van der Waals surface area contributed by atoms with Crippen molar-refractivity contribution in [2.45, 2.75) is 70.5 Å². The Bertz CT molecular complexity index is 1450. The zero-order chi connectivity index (χ0) is 29.8. The third-order valence-electron chi connectivity index (χ3n) is 6.97. The molecule has 12 heteroatoms. The molecular formula is C29H32Cl2N2O8. The predicted molar refractivity (Wildman–Crippen MR) is 152 cm³/mol. The minimum Gasteiger partial charge on any atom is -0.483 e. The van der Waals surface area contributed by atoms with Gasteiger partial charge in [-0.05, 0) is 49.6 Å². The van der Waals surface area contributed by atoms with Crippen molar-refractivity contribution in [3.05, 3.63) is 56.8 Å². The second-order valence-corrected chi connectivity index (χ2v) is 10.5. The summed E-state index contributed by atoms with van der Waals surface area (Å²) in [6, 6.07) is 7.34. The number of imidazole rings is 1. The molecule has 0 spiro atoms. The molecule has 4 rings (SSSR count). The number of aliphatic hydroxyl groups excluding tert-OH is 3. The summed E-state index contributed by atoms with van der Waals surface area (Å²) >= 11 is 13.1. The molecule has 2 heterocycles. The van der Waals surface area contributed by atoms with E-state index >= 15 is 0 Å². The van der Waals surface area contributed by atoms with Crippen LogP contribution >= 0.6 is 23.2 Å². The molecule has 41 heavy (non-hydrogen) atoms. The summed E-state index contributed by atoms with van der Waals surface area (Å²) in [6.07, 6.45) is 0.0224. The lowest BCUT2D eigenvalue weighted by atomic mass is 9.99. The van der Waals surface area contributed by atoms with E-state index in [1.165, 1.54) is 13.2 Å². The van der Waals surface area contributed by atoms with Crippen LogP contribution in [-0.2, 0) is 27.4 Å². The molecule has 0 bridgehead atoms. The lowest BCUT2D eigenvalue weighted by molar-refractivity contribution is -0.293. The molecule has 0 aliphatic carbocycles. The van der Waals surface area contributed by atoms with Gasteiger partial charge in [0.15, 0.2) is 18.1 Å². The molecule has 1 aliphatic heterocycles. The number of carbonyl (C=O) groups excluding carboxylic acids is 1. The number of aryl methyl sites for hydroxylation is 2. The Kier molecular flexibility index (Phi) is 10.2. The lowest BCUT2D eigenvalue weighted by Gasteiger charge is -2.40. The van der Waals surface area contributed by atoms with Crippen LogP contribution in [-0.4, -0.2) is 75.3 Å². The van der Waals surface area contributed by atoms with Crippen molar-refractivity contribution in [1.29, 1.82) is 0 Å². The van der Waals surface area contributed by atoms with E-state index in [0.29, 0.717) is 24.4 Å². The maximum Gasteiger partial charge on any atom is 0.339 e. The lowest BCUT2D eigenvalue weighted by Crippen LogP contribution is -2.60. The SMILES string of the molecule is C#CCCCn1c(COc2c(Cl)cc(C(=O)O[C@H]3[C@@H](OC)O[C@H](CO)[C@@H](O)[C@@H]3O)c(C)c2Cl)nc2ccc(C)cc21. The number of terminal acetylenes is 1. The Balaban J connectivity index is 1.56. The molecule has 220 valence electrons. The zero-order valence-corrected chi connectivity index (χ0v) is 24.4. The summed E-state index contributed by atoms with van der Waals surface area (Å²) in [7, 11) is 1.28. The molecule has 0 saturated carbocycles. The van der Waals surface area contributed by atoms with Crippen molar-refractivity contribution in [2.75, 3.05) is 13.7 Å². The van der Waals surface area contributed by atoms with Gasteiger partial charge in [-0.1, -0.05) is 29.3 Å². The first-order chi connectivity index (χ1) is 19.6. The highest BCUT2D eigenvalue weighted by atomic mass is 35.5. The van der Waals surface area contributed by atoms with Gasteiger partial charge in [0, 0.05) is 20.1 Å². The van der Waals surface area contributed by atoms with E-state index < -0.39 is 43.3 Å². The number of benzene rings is 2. The van der Waals surface area contributed by atoms with Crippen molar-refractivity contribution < 1.29 is 39.1 Å². The standard InChI is InChI=1S/C29H32Cl2N2O8/c1-5-6-7-10-33-20-11-15(2)8-9-19(20)32-22(33)14-39-26-18(30)12-17(16(3)23(26)31)28(37)41-27-25(36)24(35)21(13-34)40-29(27)38-4/h1,8-9,11-12,21,24-25,27,29,34-36H,6-7,10,13-14H2,2-4H3/t21-,24-,25+,27-,29+/m1/s1. The van der Waals surface area contributed by atoms with E-state index in [9.17, 15) is 20.1 Å². The maximum atomic E-state index is 13.1. The topological polar surface area (TPSA) is 132 Å². The van der Waals surface area contributed by atoms with Crippen molar-refractivity contribution in [2.24, 2.45) is 0 Å². The van der Waals surface area contributed by atoms with Gasteiger partial charge in [-0.3, -0.25) is 0 Å². The van der Waals surface area contributed by atoms with E-state index in [-0.39, 0.29) is 28.0 Å². The summed E-state index contributed by atoms with van der Waals surface area (Å²) in [5.74, 6) is 2.60. The van der Waals surface area contributed by atoms with Crippen LogP contribution in [0.25, 0.3) is 11.0 Å². The number of nitrogens with zero attached hydrogens (tertiary/aromatic N) is 2. The molecule has 0 unspecified atom stereocenters. The van der Waals surface area contributed by atoms with E-state index in [0.717, 1.165) is 23.0 Å². The highest BCUT2D eigenvalue weighted by Crippen LogP contribution is 2.39. The highest BCUT2D eigenvalue weighted by Gasteiger charge is 2.47. The Morgan fingerprint density at radius 3 is 2.66 bits per heavy atom. The zero-order valence-electron chi connectivity index (χ0n) is 22.8. The molecule has 10 nitrogen and oxygen atoms in total. The van der Waals surface area contributed by atoms with Crippen LogP contribution in [0.15, 0.2) is 24.3 Å². The van der Waals surface area contributed by atoms with Crippen molar-refractivity contribution >= 4 is 40.2 Å². The first-order valence-corrected chi connectivity index (χ1v) is 13.7. The molecule has 1 aromatic heterocycles. The highest BCUT2D eigenvalue weighted by molar-refractivity contribution is 6.38. The predicted octanol–water partition coefficient (Wildman–Crippen LogP) is 3.56. The van der Waals surface area contributed by atoms with Gasteiger partial charge in [0.2, 0.25) is 0 Å². The van der Waals surface area contributed by atoms with E-state index in [1.54, 1.807) is 6.92 Å². The Morgan fingerprint density at radius 2 is 1.98 bits per heavy atom. The quantitative estimate of drug-likeness (QED) is 0.180. The normalized spacial score (nSPS) is 22.5. The Labute approximate surface area is 247 Å². The fourth-order valence-electron chi connectivity index (χ4n) is 4.72. The van der Waals surface area contributed by atoms with Gasteiger partial charge in [0.1, 0.15) is 30.7 Å². The van der Waals surface area contributed by atoms with Gasteiger partial charge in [-0.15, -0.1) is 12.3 Å². The smallest absolute Gasteiger partial charge is 0.339 e. The number of ether oxygens (including phenoxy) is 4. The number of esters is 1. The molecule has 0 radical (unpaired) electrons. The third-order valence-corrected chi connectivity index (χ3v) is 7.71. The minimum absolute atomic E-state index is 0.0187. The van der Waals surface area contributed by atoms with E-state index in [1.807, 2.05) is 19.1 Å². The second kappa shape index (κ2) is 13.4. The average Bonchev–Trinajstić information content (AvgIpc) is 3.29. The fraction of sp³-hybridized carbons (Fsp3) is 0.448. The summed E-state index contributed by atoms with van der Waals surface area (Å²) in [4.78, 5) is 17.9. The molecule has 3 N–H and O–H groups in total. The molecule has 1 saturated heterocycles. The number of rotatable bonds is 10. The number of hydrogen-bond acceptors (Lipinski definition) is 9. The molecule has 1 fully saturated rings. The van der Waals surface area contributed by atoms with Gasteiger partial charge >= 0.3 is 5.97 Å². The van der Waals surface area contributed by atoms with Crippen LogP contribution in [0.1, 0.15) is 40.2 Å². The number of unbranched alkanes of at least 4 members (excludes halogenated alkanes) is 1. The average molecular weight is 607 g/mol. The van der Waals surface area contributed by atoms with Crippen molar-refractivity contribution in [1.82, 2.24) is 9.55 Å². The van der Waals surface area contributed by atoms with Crippen LogP contribution < -0.4 is 4.74 Å². The molecule has 1 aliphatic rings. The summed E-state index contributed by atoms with van der Waals surface area (Å²) in [5, 5.41) is 30.3. The van der Waals surface area contributed by atoms with Crippen LogP contribution in [0.5, 0.6) is 5.75 Å². The molecule has 5 atom stereocenters. The van der Waals surface area contributed by atoms with Crippen LogP contribution in [0.3, 0.4) is 0 Å². The summed E-state index contributed by atoms with van der Waals surface area (Å²) in [5.41, 5.74) is 3.22. The van der Waals surface area contributed by atoms with Crippen molar-refractivity contribution in [3.63, 3.8) is 0 Å². The number of aliphatic hydroxyl groups is 3. The Hall–Kier alpha value is -2.88. The largest absolute Gasteiger partial charge is 0.483 e. The van der Waals surface area contributed by atoms with Gasteiger partial charge in [0.05, 0.1) is 33.2 Å².